The third kappa shape index (κ3) is 2.46. The molecule has 1 heterocycles. The van der Waals surface area contributed by atoms with E-state index in [-0.39, 0.29) is 0 Å². The first kappa shape index (κ1) is 19.1. The topological polar surface area (TPSA) is 38.7 Å². The summed E-state index contributed by atoms with van der Waals surface area (Å²) in [4.78, 5) is 0. The molecule has 0 saturated carbocycles. The molecule has 1 atom stereocenters. The maximum absolute atomic E-state index is 12.2. The van der Waals surface area contributed by atoms with E-state index in [0.717, 1.165) is 61.2 Å². The van der Waals surface area contributed by atoms with Gasteiger partial charge in [-0.1, -0.05) is 67.6 Å². The highest BCUT2D eigenvalue weighted by Gasteiger charge is 2.45. The van der Waals surface area contributed by atoms with Crippen molar-refractivity contribution in [3.8, 4) is 22.6 Å². The summed E-state index contributed by atoms with van der Waals surface area (Å²) in [5.74, 6) is 1.68. The van der Waals surface area contributed by atoms with Crippen LogP contribution in [0, 0.1) is 0 Å². The molecule has 2 aliphatic rings. The number of hydrogen-bond acceptors (Lipinski definition) is 3. The van der Waals surface area contributed by atoms with Gasteiger partial charge >= 0.3 is 0 Å². The minimum Gasteiger partial charge on any atom is -0.497 e. The quantitative estimate of drug-likeness (QED) is 0.423. The number of aliphatic hydroxyl groups is 1. The third-order valence-electron chi connectivity index (χ3n) is 6.92. The lowest BCUT2D eigenvalue weighted by atomic mass is 9.80. The monoisotopic (exact) mass is 420 g/mol. The molecule has 1 aliphatic carbocycles. The van der Waals surface area contributed by atoms with Crippen molar-refractivity contribution >= 4 is 16.3 Å². The fourth-order valence-electron chi connectivity index (χ4n) is 5.41. The van der Waals surface area contributed by atoms with Gasteiger partial charge in [0.2, 0.25) is 0 Å². The summed E-state index contributed by atoms with van der Waals surface area (Å²) in [6.45, 7) is 2.54. The Bertz CT molecular complexity index is 1400. The van der Waals surface area contributed by atoms with Crippen molar-refractivity contribution in [2.75, 3.05) is 13.7 Å². The first-order valence-corrected chi connectivity index (χ1v) is 11.1. The molecule has 4 aromatic rings. The van der Waals surface area contributed by atoms with Gasteiger partial charge in [0.15, 0.2) is 0 Å². The lowest BCUT2D eigenvalue weighted by molar-refractivity contribution is 0.0808. The predicted molar refractivity (Wildman–Crippen MR) is 128 cm³/mol. The van der Waals surface area contributed by atoms with Gasteiger partial charge in [0, 0.05) is 16.5 Å². The highest BCUT2D eigenvalue weighted by Crippen LogP contribution is 2.58. The van der Waals surface area contributed by atoms with Crippen LogP contribution in [-0.2, 0) is 5.60 Å². The Morgan fingerprint density at radius 3 is 2.38 bits per heavy atom. The Hall–Kier alpha value is -3.56. The first-order chi connectivity index (χ1) is 15.7. The van der Waals surface area contributed by atoms with Crippen molar-refractivity contribution in [3.05, 3.63) is 101 Å². The van der Waals surface area contributed by atoms with Gasteiger partial charge in [-0.15, -0.1) is 0 Å². The van der Waals surface area contributed by atoms with Crippen molar-refractivity contribution in [3.63, 3.8) is 0 Å². The highest BCUT2D eigenvalue weighted by atomic mass is 16.5. The summed E-state index contributed by atoms with van der Waals surface area (Å²) in [6, 6.07) is 24.7. The van der Waals surface area contributed by atoms with Gasteiger partial charge in [-0.3, -0.25) is 0 Å². The molecule has 1 unspecified atom stereocenters. The molecule has 0 bridgehead atoms. The van der Waals surface area contributed by atoms with Crippen molar-refractivity contribution in [2.45, 2.75) is 18.9 Å². The molecule has 6 rings (SSSR count). The molecule has 0 saturated heterocycles. The van der Waals surface area contributed by atoms with Crippen LogP contribution >= 0.6 is 0 Å². The normalized spacial score (nSPS) is 18.4. The number of methoxy groups -OCH3 is 1. The molecular weight excluding hydrogens is 396 g/mol. The number of hydrogen-bond donors (Lipinski definition) is 1. The van der Waals surface area contributed by atoms with Crippen LogP contribution in [0.3, 0.4) is 0 Å². The zero-order valence-electron chi connectivity index (χ0n) is 18.2. The van der Waals surface area contributed by atoms with Crippen LogP contribution in [-0.4, -0.2) is 18.8 Å². The van der Waals surface area contributed by atoms with Crippen LogP contribution in [0.15, 0.2) is 78.9 Å². The van der Waals surface area contributed by atoms with E-state index in [4.69, 9.17) is 9.47 Å². The molecule has 0 spiro atoms. The van der Waals surface area contributed by atoms with Gasteiger partial charge in [-0.2, -0.15) is 0 Å². The number of fused-ring (bicyclic) bond motifs is 8. The van der Waals surface area contributed by atoms with E-state index in [1.165, 1.54) is 0 Å². The lowest BCUT2D eigenvalue weighted by Crippen LogP contribution is -2.26. The average Bonchev–Trinajstić information content (AvgIpc) is 3.13. The van der Waals surface area contributed by atoms with Gasteiger partial charge in [0.25, 0.3) is 0 Å². The fourth-order valence-corrected chi connectivity index (χ4v) is 5.41. The highest BCUT2D eigenvalue weighted by molar-refractivity contribution is 6.10. The zero-order chi connectivity index (χ0) is 21.9. The molecule has 4 aromatic carbocycles. The van der Waals surface area contributed by atoms with E-state index in [1.54, 1.807) is 7.11 Å². The molecule has 1 N–H and O–H groups in total. The minimum absolute atomic E-state index is 0.495. The Kier molecular flexibility index (Phi) is 4.17. The predicted octanol–water partition coefficient (Wildman–Crippen LogP) is 6.30. The van der Waals surface area contributed by atoms with Crippen LogP contribution in [0.5, 0.6) is 11.5 Å². The van der Waals surface area contributed by atoms with Crippen molar-refractivity contribution in [1.29, 1.82) is 0 Å². The van der Waals surface area contributed by atoms with Gasteiger partial charge in [-0.25, -0.2) is 0 Å². The maximum Gasteiger partial charge on any atom is 0.135 e. The third-order valence-corrected chi connectivity index (χ3v) is 6.92. The van der Waals surface area contributed by atoms with E-state index < -0.39 is 5.60 Å². The number of ether oxygens (including phenoxy) is 2. The molecule has 1 aliphatic heterocycles. The summed E-state index contributed by atoms with van der Waals surface area (Å²) in [5, 5.41) is 14.4. The second-order valence-electron chi connectivity index (χ2n) is 8.42. The van der Waals surface area contributed by atoms with Crippen molar-refractivity contribution < 1.29 is 14.6 Å². The zero-order valence-corrected chi connectivity index (χ0v) is 18.2. The summed E-state index contributed by atoms with van der Waals surface area (Å²) >= 11 is 0. The van der Waals surface area contributed by atoms with Crippen LogP contribution in [0.4, 0.5) is 0 Å². The molecule has 158 valence electrons. The van der Waals surface area contributed by atoms with E-state index >= 15 is 0 Å². The Labute approximate surface area is 187 Å². The smallest absolute Gasteiger partial charge is 0.135 e. The molecular formula is C29H24O3. The summed E-state index contributed by atoms with van der Waals surface area (Å²) in [5.41, 5.74) is 6.24. The number of benzene rings is 4. The second kappa shape index (κ2) is 6.98. The Morgan fingerprint density at radius 1 is 0.906 bits per heavy atom. The molecule has 3 nitrogen and oxygen atoms in total. The average molecular weight is 421 g/mol. The molecule has 3 heteroatoms. The summed E-state index contributed by atoms with van der Waals surface area (Å²) in [7, 11) is 1.68. The van der Waals surface area contributed by atoms with E-state index in [2.05, 4.69) is 60.7 Å². The van der Waals surface area contributed by atoms with Gasteiger partial charge < -0.3 is 14.6 Å². The summed E-state index contributed by atoms with van der Waals surface area (Å²) in [6.07, 6.45) is 2.70. The Morgan fingerprint density at radius 2 is 1.62 bits per heavy atom. The van der Waals surface area contributed by atoms with E-state index in [9.17, 15) is 5.11 Å². The largest absolute Gasteiger partial charge is 0.497 e. The SMILES string of the molecule is CCC1(O)c2ccccc2-c2c1c1c(c3ccccc23)OCC=C1c1ccc(OC)cc1. The van der Waals surface area contributed by atoms with Gasteiger partial charge in [0.05, 0.1) is 7.11 Å². The van der Waals surface area contributed by atoms with Crippen LogP contribution < -0.4 is 9.47 Å². The summed E-state index contributed by atoms with van der Waals surface area (Å²) < 4.78 is 11.6. The van der Waals surface area contributed by atoms with Crippen LogP contribution in [0.1, 0.15) is 35.6 Å². The molecule has 0 aromatic heterocycles. The fraction of sp³-hybridized carbons (Fsp3) is 0.172. The van der Waals surface area contributed by atoms with Gasteiger partial charge in [0.1, 0.15) is 23.7 Å². The van der Waals surface area contributed by atoms with Crippen molar-refractivity contribution in [1.82, 2.24) is 0 Å². The van der Waals surface area contributed by atoms with Crippen LogP contribution in [0.25, 0.3) is 27.5 Å². The second-order valence-corrected chi connectivity index (χ2v) is 8.42. The van der Waals surface area contributed by atoms with E-state index in [1.807, 2.05) is 25.1 Å². The first-order valence-electron chi connectivity index (χ1n) is 11.1. The Balaban J connectivity index is 1.75. The molecule has 0 fully saturated rings. The molecule has 0 radical (unpaired) electrons. The lowest BCUT2D eigenvalue weighted by Gasteiger charge is -2.31. The minimum atomic E-state index is -1.08. The van der Waals surface area contributed by atoms with E-state index in [0.29, 0.717) is 13.0 Å². The van der Waals surface area contributed by atoms with Gasteiger partial charge in [-0.05, 0) is 57.8 Å². The molecule has 32 heavy (non-hydrogen) atoms. The van der Waals surface area contributed by atoms with Crippen molar-refractivity contribution in [2.24, 2.45) is 0 Å². The number of rotatable bonds is 3. The maximum atomic E-state index is 12.2. The van der Waals surface area contributed by atoms with Crippen LogP contribution in [0.2, 0.25) is 0 Å². The molecule has 0 amide bonds. The standard InChI is InChI=1S/C29H24O3/c1-3-29(30)24-11-7-6-10-23(24)25-21-8-4-5-9-22(21)28-26(27(25)29)20(16-17-32-28)18-12-14-19(31-2)15-13-18/h4-16,30H,3,17H2,1-2H3.